The molecule has 1 aliphatic rings. The number of rotatable bonds is 3. The number of anilines is 1. The van der Waals surface area contributed by atoms with E-state index in [0.717, 1.165) is 34.0 Å². The maximum Gasteiger partial charge on any atom is 0.106 e. The molecule has 0 saturated carbocycles. The summed E-state index contributed by atoms with van der Waals surface area (Å²) >= 11 is 6.08. The average Bonchev–Trinajstić information content (AvgIpc) is 3.17. The maximum atomic E-state index is 6.08. The fraction of sp³-hybridized carbons (Fsp3) is 0.0870. The van der Waals surface area contributed by atoms with Crippen LogP contribution in [0, 0.1) is 0 Å². The summed E-state index contributed by atoms with van der Waals surface area (Å²) < 4.78 is 0. The predicted octanol–water partition coefficient (Wildman–Crippen LogP) is 5.60. The third kappa shape index (κ3) is 3.65. The van der Waals surface area contributed by atoms with E-state index in [2.05, 4.69) is 10.4 Å². The van der Waals surface area contributed by atoms with Gasteiger partial charge in [-0.1, -0.05) is 54.1 Å². The third-order valence-electron chi connectivity index (χ3n) is 4.92. The first kappa shape index (κ1) is 17.6. The molecule has 1 atom stereocenters. The van der Waals surface area contributed by atoms with E-state index in [1.165, 1.54) is 0 Å². The van der Waals surface area contributed by atoms with Crippen molar-refractivity contribution in [2.24, 2.45) is 4.99 Å². The number of aliphatic imine (C=N–C) groups is 1. The molecular weight excluding hydrogens is 382 g/mol. The number of halogens is 1. The van der Waals surface area contributed by atoms with E-state index in [1.54, 1.807) is 4.80 Å². The summed E-state index contributed by atoms with van der Waals surface area (Å²) in [5.74, 6) is 0. The van der Waals surface area contributed by atoms with Gasteiger partial charge in [0.2, 0.25) is 0 Å². The van der Waals surface area contributed by atoms with Crippen LogP contribution in [0.5, 0.6) is 0 Å². The minimum Gasteiger partial charge on any atom is -0.374 e. The highest BCUT2D eigenvalue weighted by Crippen LogP contribution is 2.34. The second-order valence-electron chi connectivity index (χ2n) is 6.88. The predicted molar refractivity (Wildman–Crippen MR) is 116 cm³/mol. The molecular formula is C23H18ClN5. The monoisotopic (exact) mass is 399 g/mol. The maximum absolute atomic E-state index is 6.08. The van der Waals surface area contributed by atoms with E-state index in [0.29, 0.717) is 11.4 Å². The molecule has 142 valence electrons. The molecule has 3 aromatic carbocycles. The summed E-state index contributed by atoms with van der Waals surface area (Å²) in [5, 5.41) is 13.5. The van der Waals surface area contributed by atoms with Crippen LogP contribution in [0.25, 0.3) is 5.69 Å². The van der Waals surface area contributed by atoms with Crippen LogP contribution in [0.2, 0.25) is 5.02 Å². The molecule has 0 bridgehead atoms. The van der Waals surface area contributed by atoms with Gasteiger partial charge in [-0.2, -0.15) is 15.0 Å². The lowest BCUT2D eigenvalue weighted by atomic mass is 10.0. The third-order valence-corrected chi connectivity index (χ3v) is 5.17. The van der Waals surface area contributed by atoms with Crippen molar-refractivity contribution < 1.29 is 0 Å². The molecule has 1 N–H and O–H groups in total. The van der Waals surface area contributed by atoms with Crippen molar-refractivity contribution >= 4 is 28.7 Å². The summed E-state index contributed by atoms with van der Waals surface area (Å²) in [6.07, 6.45) is 2.50. The largest absolute Gasteiger partial charge is 0.374 e. The molecule has 0 spiro atoms. The molecule has 0 radical (unpaired) electrons. The zero-order chi connectivity index (χ0) is 19.6. The Morgan fingerprint density at radius 2 is 1.66 bits per heavy atom. The molecule has 2 heterocycles. The van der Waals surface area contributed by atoms with Crippen molar-refractivity contribution in [2.45, 2.75) is 12.5 Å². The van der Waals surface area contributed by atoms with Crippen LogP contribution in [-0.4, -0.2) is 20.7 Å². The molecule has 0 saturated heterocycles. The fourth-order valence-electron chi connectivity index (χ4n) is 3.44. The molecule has 5 rings (SSSR count). The Morgan fingerprint density at radius 3 is 2.48 bits per heavy atom. The number of hydrogen-bond donors (Lipinski definition) is 1. The Kier molecular flexibility index (Phi) is 4.58. The number of nitrogens with zero attached hydrogens (tertiary/aromatic N) is 4. The van der Waals surface area contributed by atoms with Gasteiger partial charge < -0.3 is 5.32 Å². The molecule has 1 unspecified atom stereocenters. The molecule has 6 heteroatoms. The highest BCUT2D eigenvalue weighted by molar-refractivity contribution is 6.30. The van der Waals surface area contributed by atoms with Gasteiger partial charge in [-0.05, 0) is 42.0 Å². The lowest BCUT2D eigenvalue weighted by Crippen LogP contribution is -2.15. The van der Waals surface area contributed by atoms with E-state index in [9.17, 15) is 0 Å². The first-order valence-electron chi connectivity index (χ1n) is 9.43. The van der Waals surface area contributed by atoms with Crippen LogP contribution >= 0.6 is 11.6 Å². The first-order valence-corrected chi connectivity index (χ1v) is 9.81. The van der Waals surface area contributed by atoms with E-state index in [4.69, 9.17) is 21.7 Å². The lowest BCUT2D eigenvalue weighted by molar-refractivity contribution is 0.711. The molecule has 5 nitrogen and oxygen atoms in total. The van der Waals surface area contributed by atoms with Crippen molar-refractivity contribution in [3.8, 4) is 5.69 Å². The molecule has 0 amide bonds. The van der Waals surface area contributed by atoms with E-state index in [1.807, 2.05) is 85.1 Å². The first-order chi connectivity index (χ1) is 14.3. The van der Waals surface area contributed by atoms with Crippen LogP contribution in [0.1, 0.15) is 23.7 Å². The SMILES string of the molecule is Clc1ccc(C2=Nc3ccccc3NC(c3cnn(-c4ccccc4)n3)C2)cc1. The minimum absolute atomic E-state index is 0.0504. The Hall–Kier alpha value is -3.44. The number of para-hydroxylation sites is 3. The van der Waals surface area contributed by atoms with Gasteiger partial charge in [-0.25, -0.2) is 0 Å². The van der Waals surface area contributed by atoms with E-state index >= 15 is 0 Å². The highest BCUT2D eigenvalue weighted by atomic mass is 35.5. The second kappa shape index (κ2) is 7.53. The summed E-state index contributed by atoms with van der Waals surface area (Å²) in [6, 6.07) is 25.7. The Morgan fingerprint density at radius 1 is 0.897 bits per heavy atom. The van der Waals surface area contributed by atoms with Crippen molar-refractivity contribution in [3.05, 3.63) is 101 Å². The smallest absolute Gasteiger partial charge is 0.106 e. The van der Waals surface area contributed by atoms with Gasteiger partial charge in [-0.3, -0.25) is 4.99 Å². The number of aromatic nitrogens is 3. The van der Waals surface area contributed by atoms with Gasteiger partial charge in [0.05, 0.1) is 35.0 Å². The van der Waals surface area contributed by atoms with Crippen molar-refractivity contribution in [2.75, 3.05) is 5.32 Å². The zero-order valence-corrected chi connectivity index (χ0v) is 16.3. The molecule has 4 aromatic rings. The summed E-state index contributed by atoms with van der Waals surface area (Å²) in [6.45, 7) is 0. The van der Waals surface area contributed by atoms with Crippen LogP contribution in [0.3, 0.4) is 0 Å². The highest BCUT2D eigenvalue weighted by Gasteiger charge is 2.23. The molecule has 29 heavy (non-hydrogen) atoms. The topological polar surface area (TPSA) is 55.1 Å². The van der Waals surface area contributed by atoms with Crippen LogP contribution in [0.4, 0.5) is 11.4 Å². The quantitative estimate of drug-likeness (QED) is 0.488. The van der Waals surface area contributed by atoms with Gasteiger partial charge in [0.15, 0.2) is 0 Å². The number of nitrogens with one attached hydrogen (secondary N) is 1. The van der Waals surface area contributed by atoms with Gasteiger partial charge in [0.25, 0.3) is 0 Å². The summed E-state index contributed by atoms with van der Waals surface area (Å²) in [4.78, 5) is 6.60. The zero-order valence-electron chi connectivity index (χ0n) is 15.5. The standard InChI is InChI=1S/C23H18ClN5/c24-17-12-10-16(11-13-17)21-14-22(27-20-9-5-4-8-19(20)26-21)23-15-25-29(28-23)18-6-2-1-3-7-18/h1-13,15,22,27H,14H2. The van der Waals surface area contributed by atoms with Gasteiger partial charge in [-0.15, -0.1) is 0 Å². The minimum atomic E-state index is -0.0504. The molecule has 1 aromatic heterocycles. The van der Waals surface area contributed by atoms with Crippen LogP contribution in [-0.2, 0) is 0 Å². The fourth-order valence-corrected chi connectivity index (χ4v) is 3.57. The van der Waals surface area contributed by atoms with E-state index < -0.39 is 0 Å². The normalized spacial score (nSPS) is 15.8. The average molecular weight is 400 g/mol. The van der Waals surface area contributed by atoms with Crippen molar-refractivity contribution in [1.29, 1.82) is 0 Å². The van der Waals surface area contributed by atoms with Gasteiger partial charge in [0.1, 0.15) is 5.69 Å². The number of benzene rings is 3. The molecule has 0 aliphatic carbocycles. The Balaban J connectivity index is 1.54. The second-order valence-corrected chi connectivity index (χ2v) is 7.31. The molecule has 1 aliphatic heterocycles. The summed E-state index contributed by atoms with van der Waals surface area (Å²) in [5.41, 5.74) is 5.73. The summed E-state index contributed by atoms with van der Waals surface area (Å²) in [7, 11) is 0. The van der Waals surface area contributed by atoms with Crippen LogP contribution < -0.4 is 5.32 Å². The Bertz CT molecular complexity index is 1170. The number of hydrogen-bond acceptors (Lipinski definition) is 4. The lowest BCUT2D eigenvalue weighted by Gasteiger charge is -2.16. The number of fused-ring (bicyclic) bond motifs is 1. The van der Waals surface area contributed by atoms with Gasteiger partial charge in [0, 0.05) is 11.4 Å². The van der Waals surface area contributed by atoms with Gasteiger partial charge >= 0.3 is 0 Å². The Labute approximate surface area is 173 Å². The van der Waals surface area contributed by atoms with Crippen LogP contribution in [0.15, 0.2) is 90.1 Å². The van der Waals surface area contributed by atoms with Crippen molar-refractivity contribution in [3.63, 3.8) is 0 Å². The van der Waals surface area contributed by atoms with E-state index in [-0.39, 0.29) is 6.04 Å². The molecule has 0 fully saturated rings. The van der Waals surface area contributed by atoms with Crippen molar-refractivity contribution in [1.82, 2.24) is 15.0 Å².